The van der Waals surface area contributed by atoms with Crippen LogP contribution in [0.25, 0.3) is 0 Å². The van der Waals surface area contributed by atoms with Crippen molar-refractivity contribution in [1.29, 1.82) is 0 Å². The van der Waals surface area contributed by atoms with Crippen molar-refractivity contribution in [2.75, 3.05) is 11.9 Å². The normalized spacial score (nSPS) is 12.8. The molecule has 0 heterocycles. The Morgan fingerprint density at radius 3 is 2.37 bits per heavy atom. The van der Waals surface area contributed by atoms with Gasteiger partial charge in [0, 0.05) is 12.2 Å². The van der Waals surface area contributed by atoms with Gasteiger partial charge >= 0.3 is 12.1 Å². The Bertz CT molecular complexity index is 995. The van der Waals surface area contributed by atoms with Gasteiger partial charge in [-0.2, -0.15) is 13.2 Å². The lowest BCUT2D eigenvalue weighted by Gasteiger charge is -2.14. The Labute approximate surface area is 171 Å². The molecular weight excluding hydrogens is 425 g/mol. The van der Waals surface area contributed by atoms with Crippen LogP contribution in [0, 0.1) is 0 Å². The molecule has 0 saturated heterocycles. The first-order chi connectivity index (χ1) is 14.0. The van der Waals surface area contributed by atoms with E-state index >= 15 is 0 Å². The number of ether oxygens (including phenoxy) is 1. The number of benzene rings is 2. The van der Waals surface area contributed by atoms with Crippen molar-refractivity contribution in [3.05, 3.63) is 60.2 Å². The molecule has 0 aliphatic carbocycles. The first kappa shape index (κ1) is 23.4. The van der Waals surface area contributed by atoms with E-state index in [1.165, 1.54) is 6.92 Å². The summed E-state index contributed by atoms with van der Waals surface area (Å²) in [5.74, 6) is -1.42. The van der Waals surface area contributed by atoms with Gasteiger partial charge in [-0.25, -0.2) is 13.1 Å². The highest BCUT2D eigenvalue weighted by Crippen LogP contribution is 2.30. The molecule has 0 spiro atoms. The van der Waals surface area contributed by atoms with Crippen molar-refractivity contribution >= 4 is 27.6 Å². The van der Waals surface area contributed by atoms with Crippen molar-refractivity contribution in [1.82, 2.24) is 4.72 Å². The number of carbonyl (C=O) groups is 2. The monoisotopic (exact) mass is 444 g/mol. The molecule has 162 valence electrons. The molecule has 0 aliphatic rings. The number of anilines is 1. The SMILES string of the molecule is CC(OC(=O)CCNS(=O)(=O)c1cccc(C(F)(F)F)c1)C(=O)Nc1ccccc1. The first-order valence-electron chi connectivity index (χ1n) is 8.71. The summed E-state index contributed by atoms with van der Waals surface area (Å²) in [5, 5.41) is 2.55. The third-order valence-corrected chi connectivity index (χ3v) is 5.27. The van der Waals surface area contributed by atoms with Crippen LogP contribution in [0.3, 0.4) is 0 Å². The van der Waals surface area contributed by atoms with Crippen LogP contribution in [-0.2, 0) is 30.5 Å². The Morgan fingerprint density at radius 1 is 1.07 bits per heavy atom. The molecule has 30 heavy (non-hydrogen) atoms. The van der Waals surface area contributed by atoms with Crippen LogP contribution in [0.4, 0.5) is 18.9 Å². The van der Waals surface area contributed by atoms with E-state index in [9.17, 15) is 31.2 Å². The molecule has 11 heteroatoms. The second-order valence-corrected chi connectivity index (χ2v) is 7.93. The summed E-state index contributed by atoms with van der Waals surface area (Å²) in [6.07, 6.45) is -6.23. The number of rotatable bonds is 8. The van der Waals surface area contributed by atoms with Crippen molar-refractivity contribution < 1.29 is 35.9 Å². The number of carbonyl (C=O) groups excluding carboxylic acids is 2. The van der Waals surface area contributed by atoms with Crippen LogP contribution < -0.4 is 10.0 Å². The summed E-state index contributed by atoms with van der Waals surface area (Å²) in [7, 11) is -4.26. The molecule has 1 atom stereocenters. The van der Waals surface area contributed by atoms with E-state index < -0.39 is 57.6 Å². The second kappa shape index (κ2) is 9.72. The van der Waals surface area contributed by atoms with Gasteiger partial charge in [0.15, 0.2) is 6.10 Å². The second-order valence-electron chi connectivity index (χ2n) is 6.16. The quantitative estimate of drug-likeness (QED) is 0.610. The standard InChI is InChI=1S/C19H19F3N2O5S/c1-13(18(26)24-15-7-3-2-4-8-15)29-17(25)10-11-23-30(27,28)16-9-5-6-14(12-16)19(20,21)22/h2-9,12-13,23H,10-11H2,1H3,(H,24,26). The Hall–Kier alpha value is -2.92. The zero-order valence-corrected chi connectivity index (χ0v) is 16.6. The maximum Gasteiger partial charge on any atom is 0.416 e. The number of nitrogens with one attached hydrogen (secondary N) is 2. The van der Waals surface area contributed by atoms with Gasteiger partial charge in [0.2, 0.25) is 10.0 Å². The Kier molecular flexibility index (Phi) is 7.57. The van der Waals surface area contributed by atoms with Crippen LogP contribution in [0.2, 0.25) is 0 Å². The highest BCUT2D eigenvalue weighted by Gasteiger charge is 2.31. The maximum absolute atomic E-state index is 12.7. The zero-order chi connectivity index (χ0) is 22.4. The Morgan fingerprint density at radius 2 is 1.73 bits per heavy atom. The van der Waals surface area contributed by atoms with E-state index in [1.54, 1.807) is 30.3 Å². The van der Waals surface area contributed by atoms with Gasteiger partial charge in [0.1, 0.15) is 0 Å². The number of alkyl halides is 3. The molecule has 2 rings (SSSR count). The minimum atomic E-state index is -4.69. The summed E-state index contributed by atoms with van der Waals surface area (Å²) in [4.78, 5) is 23.2. The molecule has 2 N–H and O–H groups in total. The lowest BCUT2D eigenvalue weighted by atomic mass is 10.2. The molecule has 2 aromatic carbocycles. The third kappa shape index (κ3) is 6.85. The lowest BCUT2D eigenvalue weighted by molar-refractivity contribution is -0.153. The number of hydrogen-bond acceptors (Lipinski definition) is 5. The maximum atomic E-state index is 12.7. The molecule has 0 bridgehead atoms. The number of amides is 1. The molecule has 0 fully saturated rings. The van der Waals surface area contributed by atoms with Gasteiger partial charge in [-0.1, -0.05) is 24.3 Å². The highest BCUT2D eigenvalue weighted by molar-refractivity contribution is 7.89. The number of esters is 1. The molecule has 0 aliphatic heterocycles. The molecule has 2 aromatic rings. The summed E-state index contributed by atoms with van der Waals surface area (Å²) >= 11 is 0. The van der Waals surface area contributed by atoms with Crippen molar-refractivity contribution in [2.45, 2.75) is 30.5 Å². The number of para-hydroxylation sites is 1. The summed E-state index contributed by atoms with van der Waals surface area (Å²) in [6.45, 7) is 0.938. The lowest BCUT2D eigenvalue weighted by Crippen LogP contribution is -2.32. The molecule has 0 aromatic heterocycles. The first-order valence-corrected chi connectivity index (χ1v) is 10.2. The van der Waals surface area contributed by atoms with E-state index in [2.05, 4.69) is 5.32 Å². The van der Waals surface area contributed by atoms with Gasteiger partial charge < -0.3 is 10.1 Å². The molecular formula is C19H19F3N2O5S. The molecule has 0 saturated carbocycles. The fourth-order valence-electron chi connectivity index (χ4n) is 2.29. The minimum absolute atomic E-state index is 0.412. The smallest absolute Gasteiger partial charge is 0.416 e. The van der Waals surface area contributed by atoms with Crippen molar-refractivity contribution in [3.8, 4) is 0 Å². The van der Waals surface area contributed by atoms with Gasteiger partial charge in [-0.05, 0) is 37.3 Å². The fourth-order valence-corrected chi connectivity index (χ4v) is 3.36. The van der Waals surface area contributed by atoms with Gasteiger partial charge in [-0.3, -0.25) is 9.59 Å². The van der Waals surface area contributed by atoms with E-state index in [1.807, 2.05) is 4.72 Å². The summed E-state index contributed by atoms with van der Waals surface area (Å²) < 4.78 is 69.4. The van der Waals surface area contributed by atoms with E-state index in [4.69, 9.17) is 4.74 Å². The van der Waals surface area contributed by atoms with E-state index in [0.29, 0.717) is 11.8 Å². The van der Waals surface area contributed by atoms with E-state index in [-0.39, 0.29) is 0 Å². The predicted molar refractivity (Wildman–Crippen MR) is 102 cm³/mol. The van der Waals surface area contributed by atoms with E-state index in [0.717, 1.165) is 18.2 Å². The van der Waals surface area contributed by atoms with Crippen LogP contribution >= 0.6 is 0 Å². The highest BCUT2D eigenvalue weighted by atomic mass is 32.2. The average molecular weight is 444 g/mol. The zero-order valence-electron chi connectivity index (χ0n) is 15.8. The van der Waals surface area contributed by atoms with Gasteiger partial charge in [-0.15, -0.1) is 0 Å². The molecule has 7 nitrogen and oxygen atoms in total. The number of sulfonamides is 1. The number of halogens is 3. The fraction of sp³-hybridized carbons (Fsp3) is 0.263. The molecule has 1 unspecified atom stereocenters. The average Bonchev–Trinajstić information content (AvgIpc) is 2.68. The van der Waals surface area contributed by atoms with Crippen LogP contribution in [0.15, 0.2) is 59.5 Å². The third-order valence-electron chi connectivity index (χ3n) is 3.81. The Balaban J connectivity index is 1.85. The van der Waals surface area contributed by atoms with Crippen molar-refractivity contribution in [2.24, 2.45) is 0 Å². The van der Waals surface area contributed by atoms with Gasteiger partial charge in [0.25, 0.3) is 5.91 Å². The van der Waals surface area contributed by atoms with Crippen LogP contribution in [0.1, 0.15) is 18.9 Å². The van der Waals surface area contributed by atoms with Crippen LogP contribution in [-0.4, -0.2) is 32.9 Å². The van der Waals surface area contributed by atoms with Crippen LogP contribution in [0.5, 0.6) is 0 Å². The summed E-state index contributed by atoms with van der Waals surface area (Å²) in [5.41, 5.74) is -0.595. The topological polar surface area (TPSA) is 102 Å². The van der Waals surface area contributed by atoms with Crippen molar-refractivity contribution in [3.63, 3.8) is 0 Å². The number of hydrogen-bond donors (Lipinski definition) is 2. The summed E-state index contributed by atoms with van der Waals surface area (Å²) in [6, 6.07) is 11.7. The predicted octanol–water partition coefficient (Wildman–Crippen LogP) is 2.94. The molecule has 1 amide bonds. The molecule has 0 radical (unpaired) electrons. The largest absolute Gasteiger partial charge is 0.452 e. The minimum Gasteiger partial charge on any atom is -0.452 e. The van der Waals surface area contributed by atoms with Gasteiger partial charge in [0.05, 0.1) is 16.9 Å².